The highest BCUT2D eigenvalue weighted by Gasteiger charge is 2.23. The summed E-state index contributed by atoms with van der Waals surface area (Å²) in [4.78, 5) is 16.8. The number of amides is 1. The highest BCUT2D eigenvalue weighted by atomic mass is 19.1. The summed E-state index contributed by atoms with van der Waals surface area (Å²) in [6.07, 6.45) is 2.92. The standard InChI is InChI=1S/C13H18FN3O2/c1-2-19-13(18)17-7-5-10(6-8-17)16-11-3-4-12(14)15-9-11/h3-4,9-10,16H,2,5-8H2,1H3. The molecule has 0 unspecified atom stereocenters. The lowest BCUT2D eigenvalue weighted by Crippen LogP contribution is -2.42. The number of nitrogens with one attached hydrogen (secondary N) is 1. The first-order valence-electron chi connectivity index (χ1n) is 6.49. The quantitative estimate of drug-likeness (QED) is 0.853. The SMILES string of the molecule is CCOC(=O)N1CCC(Nc2ccc(F)nc2)CC1. The molecule has 0 radical (unpaired) electrons. The van der Waals surface area contributed by atoms with E-state index in [0.717, 1.165) is 18.5 Å². The van der Waals surface area contributed by atoms with Gasteiger partial charge in [-0.2, -0.15) is 4.39 Å². The number of anilines is 1. The first-order valence-corrected chi connectivity index (χ1v) is 6.49. The maximum atomic E-state index is 12.7. The topological polar surface area (TPSA) is 54.5 Å². The number of pyridine rings is 1. The van der Waals surface area contributed by atoms with Gasteiger partial charge in [0.2, 0.25) is 5.95 Å². The third-order valence-corrected chi connectivity index (χ3v) is 3.12. The Kier molecular flexibility index (Phi) is 4.54. The fraction of sp³-hybridized carbons (Fsp3) is 0.538. The van der Waals surface area contributed by atoms with Crippen LogP contribution >= 0.6 is 0 Å². The van der Waals surface area contributed by atoms with Crippen LogP contribution in [0, 0.1) is 5.95 Å². The van der Waals surface area contributed by atoms with E-state index in [-0.39, 0.29) is 12.1 Å². The van der Waals surface area contributed by atoms with Crippen LogP contribution in [0.5, 0.6) is 0 Å². The zero-order chi connectivity index (χ0) is 13.7. The van der Waals surface area contributed by atoms with Crippen LogP contribution in [0.15, 0.2) is 18.3 Å². The molecule has 1 aromatic rings. The fourth-order valence-corrected chi connectivity index (χ4v) is 2.12. The van der Waals surface area contributed by atoms with Crippen molar-refractivity contribution >= 4 is 11.8 Å². The molecule has 0 saturated carbocycles. The van der Waals surface area contributed by atoms with Gasteiger partial charge in [-0.25, -0.2) is 9.78 Å². The second-order valence-electron chi connectivity index (χ2n) is 4.47. The third kappa shape index (κ3) is 3.81. The number of hydrogen-bond acceptors (Lipinski definition) is 4. The molecule has 1 amide bonds. The molecule has 0 aromatic carbocycles. The predicted molar refractivity (Wildman–Crippen MR) is 69.4 cm³/mol. The van der Waals surface area contributed by atoms with Crippen LogP contribution in [0.4, 0.5) is 14.9 Å². The minimum Gasteiger partial charge on any atom is -0.450 e. The molecule has 5 nitrogen and oxygen atoms in total. The number of piperidine rings is 1. The lowest BCUT2D eigenvalue weighted by Gasteiger charge is -2.32. The molecule has 0 bridgehead atoms. The van der Waals surface area contributed by atoms with Gasteiger partial charge in [0.25, 0.3) is 0 Å². The largest absolute Gasteiger partial charge is 0.450 e. The van der Waals surface area contributed by atoms with Crippen LogP contribution in [-0.2, 0) is 4.74 Å². The van der Waals surface area contributed by atoms with E-state index in [1.54, 1.807) is 17.9 Å². The van der Waals surface area contributed by atoms with Crippen LogP contribution < -0.4 is 5.32 Å². The van der Waals surface area contributed by atoms with Gasteiger partial charge in [-0.15, -0.1) is 0 Å². The van der Waals surface area contributed by atoms with E-state index in [9.17, 15) is 9.18 Å². The minimum atomic E-state index is -0.484. The molecule has 19 heavy (non-hydrogen) atoms. The minimum absolute atomic E-state index is 0.246. The Morgan fingerprint density at radius 2 is 2.26 bits per heavy atom. The van der Waals surface area contributed by atoms with Crippen LogP contribution in [0.25, 0.3) is 0 Å². The molecule has 104 valence electrons. The van der Waals surface area contributed by atoms with Gasteiger partial charge in [-0.1, -0.05) is 0 Å². The van der Waals surface area contributed by atoms with Gasteiger partial charge in [0.05, 0.1) is 18.5 Å². The van der Waals surface area contributed by atoms with Crippen molar-refractivity contribution in [3.8, 4) is 0 Å². The molecule has 6 heteroatoms. The number of likely N-dealkylation sites (tertiary alicyclic amines) is 1. The van der Waals surface area contributed by atoms with Gasteiger partial charge < -0.3 is 15.0 Å². The van der Waals surface area contributed by atoms with Crippen LogP contribution in [0.3, 0.4) is 0 Å². The first kappa shape index (κ1) is 13.6. The smallest absolute Gasteiger partial charge is 0.409 e. The van der Waals surface area contributed by atoms with Crippen molar-refractivity contribution < 1.29 is 13.9 Å². The van der Waals surface area contributed by atoms with Gasteiger partial charge in [0.15, 0.2) is 0 Å². The average molecular weight is 267 g/mol. The maximum Gasteiger partial charge on any atom is 0.409 e. The highest BCUT2D eigenvalue weighted by Crippen LogP contribution is 2.16. The molecule has 0 spiro atoms. The van der Waals surface area contributed by atoms with E-state index in [1.807, 2.05) is 0 Å². The van der Waals surface area contributed by atoms with Crippen LogP contribution in [-0.4, -0.2) is 41.7 Å². The lowest BCUT2D eigenvalue weighted by molar-refractivity contribution is 0.0983. The Morgan fingerprint density at radius 1 is 1.53 bits per heavy atom. The summed E-state index contributed by atoms with van der Waals surface area (Å²) < 4.78 is 17.6. The van der Waals surface area contributed by atoms with Gasteiger partial charge >= 0.3 is 6.09 Å². The maximum absolute atomic E-state index is 12.7. The second kappa shape index (κ2) is 6.36. The van der Waals surface area contributed by atoms with Crippen LogP contribution in [0.1, 0.15) is 19.8 Å². The summed E-state index contributed by atoms with van der Waals surface area (Å²) in [5.74, 6) is -0.484. The van der Waals surface area contributed by atoms with E-state index < -0.39 is 5.95 Å². The molecule has 1 aliphatic heterocycles. The Bertz CT molecular complexity index is 416. The van der Waals surface area contributed by atoms with E-state index >= 15 is 0 Å². The van der Waals surface area contributed by atoms with Crippen molar-refractivity contribution in [1.82, 2.24) is 9.88 Å². The summed E-state index contributed by atoms with van der Waals surface area (Å²) in [7, 11) is 0. The summed E-state index contributed by atoms with van der Waals surface area (Å²) in [5, 5.41) is 3.29. The summed E-state index contributed by atoms with van der Waals surface area (Å²) in [6, 6.07) is 3.27. The summed E-state index contributed by atoms with van der Waals surface area (Å²) in [6.45, 7) is 3.54. The number of carbonyl (C=O) groups is 1. The molecule has 1 saturated heterocycles. The van der Waals surface area contributed by atoms with Crippen molar-refractivity contribution in [2.75, 3.05) is 25.0 Å². The fourth-order valence-electron chi connectivity index (χ4n) is 2.12. The summed E-state index contributed by atoms with van der Waals surface area (Å²) in [5.41, 5.74) is 0.802. The number of halogens is 1. The number of hydrogen-bond donors (Lipinski definition) is 1. The van der Waals surface area contributed by atoms with Gasteiger partial charge in [-0.05, 0) is 31.9 Å². The predicted octanol–water partition coefficient (Wildman–Crippen LogP) is 2.25. The van der Waals surface area contributed by atoms with Crippen molar-refractivity contribution in [1.29, 1.82) is 0 Å². The molecule has 2 heterocycles. The zero-order valence-electron chi connectivity index (χ0n) is 10.9. The number of ether oxygens (including phenoxy) is 1. The van der Waals surface area contributed by atoms with E-state index in [0.29, 0.717) is 19.7 Å². The molecule has 1 aliphatic rings. The lowest BCUT2D eigenvalue weighted by atomic mass is 10.1. The third-order valence-electron chi connectivity index (χ3n) is 3.12. The Balaban J connectivity index is 1.80. The molecule has 1 N–H and O–H groups in total. The van der Waals surface area contributed by atoms with Gasteiger partial charge in [0, 0.05) is 19.1 Å². The van der Waals surface area contributed by atoms with Crippen molar-refractivity contribution in [2.24, 2.45) is 0 Å². The van der Waals surface area contributed by atoms with Crippen LogP contribution in [0.2, 0.25) is 0 Å². The molecular formula is C13H18FN3O2. The molecule has 1 aromatic heterocycles. The molecular weight excluding hydrogens is 249 g/mol. The normalized spacial score (nSPS) is 16.2. The highest BCUT2D eigenvalue weighted by molar-refractivity contribution is 5.67. The Morgan fingerprint density at radius 3 is 2.84 bits per heavy atom. The van der Waals surface area contributed by atoms with E-state index in [1.165, 1.54) is 12.3 Å². The van der Waals surface area contributed by atoms with Crippen molar-refractivity contribution in [3.05, 3.63) is 24.3 Å². The monoisotopic (exact) mass is 267 g/mol. The van der Waals surface area contributed by atoms with Crippen molar-refractivity contribution in [2.45, 2.75) is 25.8 Å². The Hall–Kier alpha value is -1.85. The second-order valence-corrected chi connectivity index (χ2v) is 4.47. The molecule has 0 atom stereocenters. The number of nitrogens with zero attached hydrogens (tertiary/aromatic N) is 2. The van der Waals surface area contributed by atoms with Gasteiger partial charge in [-0.3, -0.25) is 0 Å². The van der Waals surface area contributed by atoms with E-state index in [4.69, 9.17) is 4.74 Å². The van der Waals surface area contributed by atoms with Crippen molar-refractivity contribution in [3.63, 3.8) is 0 Å². The average Bonchev–Trinajstić information content (AvgIpc) is 2.42. The zero-order valence-corrected chi connectivity index (χ0v) is 10.9. The van der Waals surface area contributed by atoms with E-state index in [2.05, 4.69) is 10.3 Å². The van der Waals surface area contributed by atoms with Gasteiger partial charge in [0.1, 0.15) is 0 Å². The number of aromatic nitrogens is 1. The molecule has 0 aliphatic carbocycles. The molecule has 2 rings (SSSR count). The first-order chi connectivity index (χ1) is 9.19. The Labute approximate surface area is 111 Å². The number of rotatable bonds is 3. The molecule has 1 fully saturated rings. The summed E-state index contributed by atoms with van der Waals surface area (Å²) >= 11 is 0. The number of carbonyl (C=O) groups excluding carboxylic acids is 1.